The van der Waals surface area contributed by atoms with Crippen LogP contribution in [0.5, 0.6) is 0 Å². The molecule has 0 aromatic carbocycles. The fourth-order valence-electron chi connectivity index (χ4n) is 1.39. The summed E-state index contributed by atoms with van der Waals surface area (Å²) in [5.74, 6) is 0. The lowest BCUT2D eigenvalue weighted by atomic mass is 10.2. The van der Waals surface area contributed by atoms with Gasteiger partial charge in [-0.1, -0.05) is 0 Å². The molecule has 0 aliphatic rings. The Bertz CT molecular complexity index is 393. The number of fused-ring (bicyclic) bond motifs is 1. The molecule has 0 saturated heterocycles. The lowest BCUT2D eigenvalue weighted by molar-refractivity contribution is 0.762. The van der Waals surface area contributed by atoms with Gasteiger partial charge in [0.15, 0.2) is 0 Å². The van der Waals surface area contributed by atoms with Crippen LogP contribution >= 0.6 is 0 Å². The SMILES string of the molecule is NCCCc1ccc2cncnn12. The lowest BCUT2D eigenvalue weighted by Gasteiger charge is -1.98. The molecule has 4 heteroatoms. The van der Waals surface area contributed by atoms with Crippen LogP contribution in [0, 0.1) is 0 Å². The monoisotopic (exact) mass is 176 g/mol. The average Bonchev–Trinajstić information content (AvgIpc) is 2.58. The number of rotatable bonds is 3. The van der Waals surface area contributed by atoms with Crippen LogP contribution in [0.3, 0.4) is 0 Å². The Morgan fingerprint density at radius 3 is 3.15 bits per heavy atom. The first kappa shape index (κ1) is 8.19. The summed E-state index contributed by atoms with van der Waals surface area (Å²) >= 11 is 0. The van der Waals surface area contributed by atoms with Gasteiger partial charge in [-0.15, -0.1) is 0 Å². The molecule has 68 valence electrons. The Morgan fingerprint density at radius 2 is 2.31 bits per heavy atom. The van der Waals surface area contributed by atoms with Crippen molar-refractivity contribution >= 4 is 5.52 Å². The van der Waals surface area contributed by atoms with Gasteiger partial charge in [0.25, 0.3) is 0 Å². The molecule has 0 bridgehead atoms. The van der Waals surface area contributed by atoms with Gasteiger partial charge in [0, 0.05) is 5.69 Å². The number of aryl methyl sites for hydroxylation is 1. The van der Waals surface area contributed by atoms with E-state index in [4.69, 9.17) is 5.73 Å². The minimum Gasteiger partial charge on any atom is -0.330 e. The molecule has 2 rings (SSSR count). The van der Waals surface area contributed by atoms with Gasteiger partial charge in [0.05, 0.1) is 11.7 Å². The second kappa shape index (κ2) is 3.53. The number of nitrogens with zero attached hydrogens (tertiary/aromatic N) is 3. The van der Waals surface area contributed by atoms with Crippen LogP contribution in [0.25, 0.3) is 5.52 Å². The largest absolute Gasteiger partial charge is 0.330 e. The molecular formula is C9H12N4. The maximum Gasteiger partial charge on any atom is 0.136 e. The van der Waals surface area contributed by atoms with Crippen molar-refractivity contribution in [1.82, 2.24) is 14.6 Å². The quantitative estimate of drug-likeness (QED) is 0.745. The van der Waals surface area contributed by atoms with E-state index >= 15 is 0 Å². The minimum atomic E-state index is 0.721. The third kappa shape index (κ3) is 1.53. The summed E-state index contributed by atoms with van der Waals surface area (Å²) < 4.78 is 1.91. The predicted molar refractivity (Wildman–Crippen MR) is 50.4 cm³/mol. The third-order valence-corrected chi connectivity index (χ3v) is 2.04. The average molecular weight is 176 g/mol. The first-order chi connectivity index (χ1) is 6.42. The van der Waals surface area contributed by atoms with E-state index in [0.717, 1.165) is 24.9 Å². The summed E-state index contributed by atoms with van der Waals surface area (Å²) in [7, 11) is 0. The van der Waals surface area contributed by atoms with Crippen molar-refractivity contribution in [2.24, 2.45) is 5.73 Å². The Labute approximate surface area is 76.4 Å². The maximum absolute atomic E-state index is 5.45. The van der Waals surface area contributed by atoms with Crippen molar-refractivity contribution in [3.8, 4) is 0 Å². The summed E-state index contributed by atoms with van der Waals surface area (Å²) in [5.41, 5.74) is 7.68. The topological polar surface area (TPSA) is 56.2 Å². The van der Waals surface area contributed by atoms with E-state index in [1.807, 2.05) is 10.6 Å². The second-order valence-electron chi connectivity index (χ2n) is 2.96. The van der Waals surface area contributed by atoms with E-state index in [0.29, 0.717) is 0 Å². The number of hydrogen-bond donors (Lipinski definition) is 1. The van der Waals surface area contributed by atoms with Crippen molar-refractivity contribution in [2.75, 3.05) is 6.54 Å². The lowest BCUT2D eigenvalue weighted by Crippen LogP contribution is -2.03. The fraction of sp³-hybridized carbons (Fsp3) is 0.333. The van der Waals surface area contributed by atoms with E-state index in [9.17, 15) is 0 Å². The number of aromatic nitrogens is 3. The molecule has 0 saturated carbocycles. The normalized spacial score (nSPS) is 10.8. The van der Waals surface area contributed by atoms with Gasteiger partial charge in [0.1, 0.15) is 6.33 Å². The molecule has 0 aliphatic heterocycles. The Hall–Kier alpha value is -1.42. The van der Waals surface area contributed by atoms with Crippen LogP contribution in [0.1, 0.15) is 12.1 Å². The molecule has 0 aliphatic carbocycles. The molecule has 2 heterocycles. The molecular weight excluding hydrogens is 164 g/mol. The van der Waals surface area contributed by atoms with Gasteiger partial charge in [-0.25, -0.2) is 9.50 Å². The van der Waals surface area contributed by atoms with Crippen molar-refractivity contribution in [2.45, 2.75) is 12.8 Å². The summed E-state index contributed by atoms with van der Waals surface area (Å²) in [6, 6.07) is 4.09. The second-order valence-corrected chi connectivity index (χ2v) is 2.96. The first-order valence-corrected chi connectivity index (χ1v) is 4.38. The van der Waals surface area contributed by atoms with Gasteiger partial charge in [-0.3, -0.25) is 0 Å². The van der Waals surface area contributed by atoms with Gasteiger partial charge in [-0.05, 0) is 31.5 Å². The van der Waals surface area contributed by atoms with E-state index in [1.54, 1.807) is 12.5 Å². The molecule has 2 aromatic rings. The number of hydrogen-bond acceptors (Lipinski definition) is 3. The number of nitrogens with two attached hydrogens (primary N) is 1. The highest BCUT2D eigenvalue weighted by atomic mass is 15.2. The Balaban J connectivity index is 2.35. The zero-order chi connectivity index (χ0) is 9.10. The molecule has 0 atom stereocenters. The Kier molecular flexibility index (Phi) is 2.23. The van der Waals surface area contributed by atoms with E-state index in [1.165, 1.54) is 5.69 Å². The summed E-state index contributed by atoms with van der Waals surface area (Å²) in [6.07, 6.45) is 5.33. The Morgan fingerprint density at radius 1 is 1.38 bits per heavy atom. The van der Waals surface area contributed by atoms with Crippen molar-refractivity contribution in [1.29, 1.82) is 0 Å². The molecule has 0 spiro atoms. The molecule has 2 aromatic heterocycles. The molecule has 2 N–H and O–H groups in total. The summed E-state index contributed by atoms with van der Waals surface area (Å²) in [5, 5.41) is 4.16. The van der Waals surface area contributed by atoms with Crippen LogP contribution in [-0.4, -0.2) is 21.1 Å². The van der Waals surface area contributed by atoms with Gasteiger partial charge in [0.2, 0.25) is 0 Å². The van der Waals surface area contributed by atoms with Gasteiger partial charge < -0.3 is 5.73 Å². The van der Waals surface area contributed by atoms with Crippen LogP contribution in [0.15, 0.2) is 24.7 Å². The third-order valence-electron chi connectivity index (χ3n) is 2.04. The first-order valence-electron chi connectivity index (χ1n) is 4.38. The summed E-state index contributed by atoms with van der Waals surface area (Å²) in [6.45, 7) is 0.721. The van der Waals surface area contributed by atoms with E-state index < -0.39 is 0 Å². The van der Waals surface area contributed by atoms with Crippen molar-refractivity contribution < 1.29 is 0 Å². The van der Waals surface area contributed by atoms with Gasteiger partial charge in [-0.2, -0.15) is 5.10 Å². The van der Waals surface area contributed by atoms with Crippen molar-refractivity contribution in [3.63, 3.8) is 0 Å². The van der Waals surface area contributed by atoms with Crippen LogP contribution < -0.4 is 5.73 Å². The highest BCUT2D eigenvalue weighted by Crippen LogP contribution is 2.07. The zero-order valence-corrected chi connectivity index (χ0v) is 7.35. The van der Waals surface area contributed by atoms with E-state index in [-0.39, 0.29) is 0 Å². The van der Waals surface area contributed by atoms with E-state index in [2.05, 4.69) is 16.1 Å². The highest BCUT2D eigenvalue weighted by molar-refractivity contribution is 5.45. The standard InChI is InChI=1S/C9H12N4/c10-5-1-2-8-3-4-9-6-11-7-12-13(8)9/h3-4,6-7H,1-2,5,10H2. The smallest absolute Gasteiger partial charge is 0.136 e. The molecule has 0 unspecified atom stereocenters. The molecule has 0 radical (unpaired) electrons. The minimum absolute atomic E-state index is 0.721. The predicted octanol–water partition coefficient (Wildman–Crippen LogP) is 0.621. The van der Waals surface area contributed by atoms with Crippen LogP contribution in [-0.2, 0) is 6.42 Å². The van der Waals surface area contributed by atoms with Crippen molar-refractivity contribution in [3.05, 3.63) is 30.4 Å². The molecule has 4 nitrogen and oxygen atoms in total. The highest BCUT2D eigenvalue weighted by Gasteiger charge is 2.00. The maximum atomic E-state index is 5.45. The zero-order valence-electron chi connectivity index (χ0n) is 7.35. The molecule has 13 heavy (non-hydrogen) atoms. The van der Waals surface area contributed by atoms with Crippen LogP contribution in [0.2, 0.25) is 0 Å². The fourth-order valence-corrected chi connectivity index (χ4v) is 1.39. The van der Waals surface area contributed by atoms with Gasteiger partial charge >= 0.3 is 0 Å². The molecule has 0 fully saturated rings. The molecule has 0 amide bonds. The van der Waals surface area contributed by atoms with Crippen LogP contribution in [0.4, 0.5) is 0 Å². The summed E-state index contributed by atoms with van der Waals surface area (Å²) in [4.78, 5) is 3.95.